The van der Waals surface area contributed by atoms with Gasteiger partial charge in [0.1, 0.15) is 0 Å². The van der Waals surface area contributed by atoms with Crippen LogP contribution in [-0.2, 0) is 6.42 Å². The first kappa shape index (κ1) is 9.86. The summed E-state index contributed by atoms with van der Waals surface area (Å²) in [4.78, 5) is 0. The molecule has 1 aromatic carbocycles. The van der Waals surface area contributed by atoms with Crippen molar-refractivity contribution < 1.29 is 0 Å². The van der Waals surface area contributed by atoms with E-state index in [2.05, 4.69) is 48.0 Å². The van der Waals surface area contributed by atoms with E-state index in [0.29, 0.717) is 0 Å². The topological polar surface area (TPSA) is 0 Å². The molecular weight excluding hydrogens is 207 g/mol. The normalized spacial score (nSPS) is 10.2. The first-order chi connectivity index (χ1) is 5.84. The van der Waals surface area contributed by atoms with Crippen LogP contribution < -0.4 is 4.35 Å². The zero-order valence-corrected chi connectivity index (χ0v) is 9.46. The Morgan fingerprint density at radius 2 is 1.92 bits per heavy atom. The van der Waals surface area contributed by atoms with Crippen molar-refractivity contribution in [1.29, 1.82) is 0 Å². The van der Waals surface area contributed by atoms with Crippen LogP contribution >= 0.6 is 0 Å². The Labute approximate surface area is 83.9 Å². The molecule has 1 rings (SSSR count). The molecule has 0 spiro atoms. The zero-order chi connectivity index (χ0) is 8.81. The predicted octanol–water partition coefficient (Wildman–Crippen LogP) is 2.21. The first-order valence-electron chi connectivity index (χ1n) is 4.61. The molecule has 0 aliphatic carbocycles. The Balaban J connectivity index is 2.46. The number of benzene rings is 1. The molecule has 0 aliphatic heterocycles. The van der Waals surface area contributed by atoms with Crippen LogP contribution in [0.4, 0.5) is 0 Å². The maximum absolute atomic E-state index is 2.65. The fourth-order valence-electron chi connectivity index (χ4n) is 1.29. The van der Waals surface area contributed by atoms with Gasteiger partial charge in [-0.25, -0.2) is 0 Å². The third kappa shape index (κ3) is 3.03. The molecule has 0 N–H and O–H groups in total. The van der Waals surface area contributed by atoms with Crippen LogP contribution in [0.15, 0.2) is 24.3 Å². The summed E-state index contributed by atoms with van der Waals surface area (Å²) < 4.78 is 1.38. The molecule has 0 aromatic heterocycles. The Bertz CT molecular complexity index is 230. The van der Waals surface area contributed by atoms with E-state index in [1.807, 2.05) is 0 Å². The van der Waals surface area contributed by atoms with Crippen molar-refractivity contribution in [1.82, 2.24) is 0 Å². The molecule has 0 nitrogen and oxygen atoms in total. The second-order valence-corrected chi connectivity index (χ2v) is 4.10. The Morgan fingerprint density at radius 3 is 2.58 bits per heavy atom. The molecule has 0 saturated carbocycles. The Hall–Kier alpha value is -0.222. The van der Waals surface area contributed by atoms with Crippen molar-refractivity contribution in [2.45, 2.75) is 32.6 Å². The van der Waals surface area contributed by atoms with Gasteiger partial charge in [0, 0.05) is 0 Å². The van der Waals surface area contributed by atoms with Gasteiger partial charge in [-0.05, 0) is 0 Å². The summed E-state index contributed by atoms with van der Waals surface area (Å²) >= 11 is 2.65. The van der Waals surface area contributed by atoms with Gasteiger partial charge in [-0.3, -0.25) is 0 Å². The van der Waals surface area contributed by atoms with Crippen molar-refractivity contribution >= 4 is 21.2 Å². The molecule has 12 heavy (non-hydrogen) atoms. The minimum absolute atomic E-state index is 1.23. The summed E-state index contributed by atoms with van der Waals surface area (Å²) in [6.07, 6.45) is 5.21. The molecule has 64 valence electrons. The molecule has 2 radical (unpaired) electrons. The molecule has 0 saturated heterocycles. The summed E-state index contributed by atoms with van der Waals surface area (Å²) in [5.41, 5.74) is 1.49. The number of rotatable bonds is 4. The van der Waals surface area contributed by atoms with Crippen molar-refractivity contribution in [2.24, 2.45) is 0 Å². The third-order valence-electron chi connectivity index (χ3n) is 2.04. The molecule has 0 aliphatic rings. The van der Waals surface area contributed by atoms with Crippen LogP contribution in [0, 0.1) is 0 Å². The predicted molar refractivity (Wildman–Crippen MR) is 55.1 cm³/mol. The number of hydrogen-bond acceptors (Lipinski definition) is 0. The second kappa shape index (κ2) is 5.43. The Kier molecular flexibility index (Phi) is 4.46. The van der Waals surface area contributed by atoms with Gasteiger partial charge in [-0.1, -0.05) is 0 Å². The van der Waals surface area contributed by atoms with Crippen LogP contribution in [-0.4, -0.2) is 16.9 Å². The number of hydrogen-bond donors (Lipinski definition) is 0. The van der Waals surface area contributed by atoms with E-state index in [-0.39, 0.29) is 0 Å². The van der Waals surface area contributed by atoms with Gasteiger partial charge in [0.25, 0.3) is 0 Å². The standard InChI is InChI=1S/C11H15As/c1-2-3-4-7-10-8-5-6-9-11(10)12/h5-6,8-9H,2-4,7H2,1H3. The monoisotopic (exact) mass is 222 g/mol. The average molecular weight is 222 g/mol. The quantitative estimate of drug-likeness (QED) is 0.541. The van der Waals surface area contributed by atoms with E-state index in [1.165, 1.54) is 35.6 Å². The van der Waals surface area contributed by atoms with Crippen LogP contribution in [0.3, 0.4) is 0 Å². The summed E-state index contributed by atoms with van der Waals surface area (Å²) in [5.74, 6) is 0. The van der Waals surface area contributed by atoms with Crippen LogP contribution in [0.5, 0.6) is 0 Å². The molecule has 0 bridgehead atoms. The maximum atomic E-state index is 2.65. The van der Waals surface area contributed by atoms with E-state index in [0.717, 1.165) is 0 Å². The average Bonchev–Trinajstić information content (AvgIpc) is 2.09. The van der Waals surface area contributed by atoms with Gasteiger partial charge in [-0.15, -0.1) is 0 Å². The third-order valence-corrected chi connectivity index (χ3v) is 2.96. The minimum atomic E-state index is 1.23. The first-order valence-corrected chi connectivity index (χ1v) is 5.55. The van der Waals surface area contributed by atoms with Crippen molar-refractivity contribution in [3.8, 4) is 0 Å². The van der Waals surface area contributed by atoms with E-state index < -0.39 is 0 Å². The molecule has 0 heterocycles. The molecule has 0 fully saturated rings. The van der Waals surface area contributed by atoms with Crippen LogP contribution in [0.2, 0.25) is 0 Å². The van der Waals surface area contributed by atoms with Gasteiger partial charge in [0.15, 0.2) is 0 Å². The number of aryl methyl sites for hydroxylation is 1. The second-order valence-electron chi connectivity index (χ2n) is 3.09. The van der Waals surface area contributed by atoms with Crippen molar-refractivity contribution in [2.75, 3.05) is 0 Å². The SMILES string of the molecule is CCCCCc1ccccc1[As]. The molecule has 0 amide bonds. The van der Waals surface area contributed by atoms with Crippen LogP contribution in [0.25, 0.3) is 0 Å². The molecule has 1 heteroatoms. The summed E-state index contributed by atoms with van der Waals surface area (Å²) in [7, 11) is 0. The van der Waals surface area contributed by atoms with Crippen molar-refractivity contribution in [3.63, 3.8) is 0 Å². The van der Waals surface area contributed by atoms with Gasteiger partial charge >= 0.3 is 83.6 Å². The van der Waals surface area contributed by atoms with E-state index in [9.17, 15) is 0 Å². The molecule has 0 atom stereocenters. The molecule has 1 aromatic rings. The summed E-state index contributed by atoms with van der Waals surface area (Å²) in [6.45, 7) is 2.24. The van der Waals surface area contributed by atoms with E-state index in [4.69, 9.17) is 0 Å². The molecule has 0 unspecified atom stereocenters. The van der Waals surface area contributed by atoms with Gasteiger partial charge in [-0.2, -0.15) is 0 Å². The Morgan fingerprint density at radius 1 is 1.17 bits per heavy atom. The van der Waals surface area contributed by atoms with Gasteiger partial charge in [0.05, 0.1) is 0 Å². The zero-order valence-electron chi connectivity index (χ0n) is 7.59. The fraction of sp³-hybridized carbons (Fsp3) is 0.455. The van der Waals surface area contributed by atoms with E-state index >= 15 is 0 Å². The van der Waals surface area contributed by atoms with Gasteiger partial charge in [0.2, 0.25) is 0 Å². The van der Waals surface area contributed by atoms with Crippen molar-refractivity contribution in [3.05, 3.63) is 29.8 Å². The van der Waals surface area contributed by atoms with Gasteiger partial charge < -0.3 is 0 Å². The number of unbranched alkanes of at least 4 members (excludes halogenated alkanes) is 2. The van der Waals surface area contributed by atoms with Crippen LogP contribution in [0.1, 0.15) is 31.7 Å². The summed E-state index contributed by atoms with van der Waals surface area (Å²) in [5, 5.41) is 0. The fourth-order valence-corrected chi connectivity index (χ4v) is 1.86. The van der Waals surface area contributed by atoms with E-state index in [1.54, 1.807) is 0 Å². The summed E-state index contributed by atoms with van der Waals surface area (Å²) in [6, 6.07) is 8.61. The molecular formula is C11H15As.